The van der Waals surface area contributed by atoms with Crippen molar-refractivity contribution in [2.45, 2.75) is 25.9 Å². The van der Waals surface area contributed by atoms with Gasteiger partial charge in [0, 0.05) is 6.04 Å². The number of nitrogens with one attached hydrogen (secondary N) is 1. The summed E-state index contributed by atoms with van der Waals surface area (Å²) in [7, 11) is 1.62. The highest BCUT2D eigenvalue weighted by atomic mass is 16.5. The van der Waals surface area contributed by atoms with Crippen molar-refractivity contribution in [2.24, 2.45) is 11.1 Å². The Bertz CT molecular complexity index is 492. The molecule has 0 spiro atoms. The molecule has 2 unspecified atom stereocenters. The van der Waals surface area contributed by atoms with Crippen LogP contribution in [0, 0.1) is 5.41 Å². The normalized spacial score (nSPS) is 27.1. The minimum atomic E-state index is -0.660. The van der Waals surface area contributed by atoms with Gasteiger partial charge in [0.25, 0.3) is 0 Å². The van der Waals surface area contributed by atoms with Crippen LogP contribution in [0.4, 0.5) is 0 Å². The maximum absolute atomic E-state index is 12.4. The Balaban J connectivity index is 2.07. The number of methoxy groups -OCH3 is 1. The Labute approximate surface area is 119 Å². The highest BCUT2D eigenvalue weighted by Gasteiger charge is 2.44. The fourth-order valence-corrected chi connectivity index (χ4v) is 2.28. The number of benzene rings is 1. The molecule has 0 saturated carbocycles. The third-order valence-corrected chi connectivity index (χ3v) is 3.98. The number of amides is 1. The molecule has 0 radical (unpaired) electrons. The topological polar surface area (TPSA) is 73.6 Å². The molecule has 1 aliphatic heterocycles. The zero-order valence-corrected chi connectivity index (χ0v) is 12.2. The summed E-state index contributed by atoms with van der Waals surface area (Å²) in [6, 6.07) is 7.28. The summed E-state index contributed by atoms with van der Waals surface area (Å²) >= 11 is 0. The lowest BCUT2D eigenvalue weighted by molar-refractivity contribution is -0.131. The summed E-state index contributed by atoms with van der Waals surface area (Å²) in [6.45, 7) is 4.58. The maximum Gasteiger partial charge on any atom is 0.230 e. The van der Waals surface area contributed by atoms with Gasteiger partial charge in [-0.1, -0.05) is 12.1 Å². The zero-order chi connectivity index (χ0) is 14.8. The van der Waals surface area contributed by atoms with Crippen LogP contribution in [-0.2, 0) is 9.53 Å². The minimum absolute atomic E-state index is 0.0715. The smallest absolute Gasteiger partial charge is 0.230 e. The van der Waals surface area contributed by atoms with Gasteiger partial charge in [-0.15, -0.1) is 0 Å². The Morgan fingerprint density at radius 2 is 2.35 bits per heavy atom. The number of carbonyl (C=O) groups is 1. The Morgan fingerprint density at radius 3 is 2.95 bits per heavy atom. The fraction of sp³-hybridized carbons (Fsp3) is 0.533. The number of ether oxygens (including phenoxy) is 2. The van der Waals surface area contributed by atoms with E-state index in [1.165, 1.54) is 0 Å². The lowest BCUT2D eigenvalue weighted by Crippen LogP contribution is -2.50. The van der Waals surface area contributed by atoms with Crippen LogP contribution in [0.5, 0.6) is 5.75 Å². The first kappa shape index (κ1) is 14.8. The highest BCUT2D eigenvalue weighted by Crippen LogP contribution is 2.28. The summed E-state index contributed by atoms with van der Waals surface area (Å²) in [5, 5.41) is 3.01. The van der Waals surface area contributed by atoms with E-state index in [0.717, 1.165) is 11.3 Å². The number of rotatable bonds is 4. The van der Waals surface area contributed by atoms with Gasteiger partial charge in [-0.3, -0.25) is 4.79 Å². The van der Waals surface area contributed by atoms with Crippen molar-refractivity contribution in [1.29, 1.82) is 0 Å². The molecule has 1 fully saturated rings. The molecular weight excluding hydrogens is 256 g/mol. The van der Waals surface area contributed by atoms with Crippen molar-refractivity contribution in [3.8, 4) is 5.75 Å². The zero-order valence-electron chi connectivity index (χ0n) is 12.2. The number of carbonyl (C=O) groups excluding carboxylic acids is 1. The Morgan fingerprint density at radius 1 is 1.60 bits per heavy atom. The van der Waals surface area contributed by atoms with Gasteiger partial charge >= 0.3 is 0 Å². The first-order valence-electron chi connectivity index (χ1n) is 6.75. The summed E-state index contributed by atoms with van der Waals surface area (Å²) < 4.78 is 10.5. The molecule has 0 aromatic heterocycles. The number of hydrogen-bond donors (Lipinski definition) is 2. The molecule has 2 rings (SSSR count). The maximum atomic E-state index is 12.4. The van der Waals surface area contributed by atoms with Crippen LogP contribution in [-0.4, -0.2) is 32.3 Å². The molecule has 20 heavy (non-hydrogen) atoms. The summed E-state index contributed by atoms with van der Waals surface area (Å²) in [4.78, 5) is 12.4. The van der Waals surface area contributed by atoms with Crippen molar-refractivity contribution in [3.63, 3.8) is 0 Å². The molecule has 5 nitrogen and oxygen atoms in total. The molecule has 5 heteroatoms. The van der Waals surface area contributed by atoms with Gasteiger partial charge in [0.05, 0.1) is 31.8 Å². The van der Waals surface area contributed by atoms with Gasteiger partial charge in [0.15, 0.2) is 0 Å². The Hall–Kier alpha value is -1.59. The monoisotopic (exact) mass is 278 g/mol. The van der Waals surface area contributed by atoms with Crippen molar-refractivity contribution < 1.29 is 14.3 Å². The van der Waals surface area contributed by atoms with Crippen molar-refractivity contribution in [1.82, 2.24) is 5.32 Å². The standard InChI is InChI=1S/C15H22N2O3/c1-10(11-5-4-6-12(7-11)19-3)17-14(18)15(2)9-20-8-13(15)16/h4-7,10,13H,8-9,16H2,1-3H3,(H,17,18)/t10-,13?,15?/m0/s1. The van der Waals surface area contributed by atoms with Crippen LogP contribution in [0.2, 0.25) is 0 Å². The fourth-order valence-electron chi connectivity index (χ4n) is 2.28. The second-order valence-electron chi connectivity index (χ2n) is 5.51. The molecule has 0 aliphatic carbocycles. The van der Waals surface area contributed by atoms with Gasteiger partial charge in [-0.25, -0.2) is 0 Å². The van der Waals surface area contributed by atoms with Gasteiger partial charge in [-0.2, -0.15) is 0 Å². The predicted molar refractivity (Wildman–Crippen MR) is 76.5 cm³/mol. The highest BCUT2D eigenvalue weighted by molar-refractivity contribution is 5.84. The van der Waals surface area contributed by atoms with E-state index in [1.807, 2.05) is 38.1 Å². The van der Waals surface area contributed by atoms with E-state index in [1.54, 1.807) is 7.11 Å². The second kappa shape index (κ2) is 5.81. The van der Waals surface area contributed by atoms with Crippen LogP contribution >= 0.6 is 0 Å². The molecule has 1 saturated heterocycles. The minimum Gasteiger partial charge on any atom is -0.497 e. The van der Waals surface area contributed by atoms with Crippen molar-refractivity contribution >= 4 is 5.91 Å². The lowest BCUT2D eigenvalue weighted by Gasteiger charge is -2.27. The first-order chi connectivity index (χ1) is 9.47. The first-order valence-corrected chi connectivity index (χ1v) is 6.75. The van der Waals surface area contributed by atoms with Gasteiger partial charge in [0.1, 0.15) is 5.75 Å². The summed E-state index contributed by atoms with van der Waals surface area (Å²) in [6.07, 6.45) is 0. The van der Waals surface area contributed by atoms with Gasteiger partial charge in [0.2, 0.25) is 5.91 Å². The third-order valence-electron chi connectivity index (χ3n) is 3.98. The van der Waals surface area contributed by atoms with Gasteiger partial charge < -0.3 is 20.5 Å². The second-order valence-corrected chi connectivity index (χ2v) is 5.51. The summed E-state index contributed by atoms with van der Waals surface area (Å²) in [5.74, 6) is 0.702. The third kappa shape index (κ3) is 2.78. The van der Waals surface area contributed by atoms with E-state index in [2.05, 4.69) is 5.32 Å². The SMILES string of the molecule is COc1cccc([C@H](C)NC(=O)C2(C)COCC2N)c1. The molecule has 110 valence electrons. The molecule has 1 amide bonds. The number of nitrogens with two attached hydrogens (primary N) is 1. The molecule has 1 aliphatic rings. The summed E-state index contributed by atoms with van der Waals surface area (Å²) in [5.41, 5.74) is 6.30. The molecule has 1 aromatic carbocycles. The van der Waals surface area contributed by atoms with Crippen LogP contribution in [0.3, 0.4) is 0 Å². The molecule has 0 bridgehead atoms. The van der Waals surface area contributed by atoms with Crippen LogP contribution < -0.4 is 15.8 Å². The average Bonchev–Trinajstić information content (AvgIpc) is 2.80. The van der Waals surface area contributed by atoms with Crippen LogP contribution in [0.1, 0.15) is 25.5 Å². The van der Waals surface area contributed by atoms with E-state index in [9.17, 15) is 4.79 Å². The lowest BCUT2D eigenvalue weighted by atomic mass is 9.84. The largest absolute Gasteiger partial charge is 0.497 e. The van der Waals surface area contributed by atoms with Crippen LogP contribution in [0.25, 0.3) is 0 Å². The average molecular weight is 278 g/mol. The van der Waals surface area contributed by atoms with Gasteiger partial charge in [-0.05, 0) is 31.5 Å². The van der Waals surface area contributed by atoms with E-state index in [4.69, 9.17) is 15.2 Å². The molecule has 1 aromatic rings. The predicted octanol–water partition coefficient (Wildman–Crippen LogP) is 1.24. The van der Waals surface area contributed by atoms with Crippen molar-refractivity contribution in [2.75, 3.05) is 20.3 Å². The molecule has 3 N–H and O–H groups in total. The Kier molecular flexibility index (Phi) is 4.30. The molecule has 1 heterocycles. The number of hydrogen-bond acceptors (Lipinski definition) is 4. The molecule has 3 atom stereocenters. The quantitative estimate of drug-likeness (QED) is 0.869. The van der Waals surface area contributed by atoms with E-state index >= 15 is 0 Å². The van der Waals surface area contributed by atoms with Crippen LogP contribution in [0.15, 0.2) is 24.3 Å². The van der Waals surface area contributed by atoms with E-state index in [0.29, 0.717) is 13.2 Å². The molecular formula is C15H22N2O3. The van der Waals surface area contributed by atoms with Crippen molar-refractivity contribution in [3.05, 3.63) is 29.8 Å². The van der Waals surface area contributed by atoms with E-state index < -0.39 is 5.41 Å². The van der Waals surface area contributed by atoms with E-state index in [-0.39, 0.29) is 18.0 Å².